The van der Waals surface area contributed by atoms with Crippen LogP contribution >= 0.6 is 15.9 Å². The Morgan fingerprint density at radius 1 is 1.53 bits per heavy atom. The molecule has 1 aromatic heterocycles. The third-order valence-corrected chi connectivity index (χ3v) is 3.03. The number of nitrogens with zero attached hydrogens (tertiary/aromatic N) is 1. The van der Waals surface area contributed by atoms with Crippen LogP contribution in [0.1, 0.15) is 23.0 Å². The van der Waals surface area contributed by atoms with Gasteiger partial charge in [0.05, 0.1) is 5.69 Å². The van der Waals surface area contributed by atoms with Crippen LogP contribution < -0.4 is 0 Å². The SMILES string of the molecule is CCc1c(-c2cccc(Br)c2)n[nH]c1C(=O)O. The molecule has 0 saturated heterocycles. The average molecular weight is 295 g/mol. The molecule has 0 atom stereocenters. The Labute approximate surface area is 107 Å². The second kappa shape index (κ2) is 4.71. The molecule has 0 fully saturated rings. The van der Waals surface area contributed by atoms with Crippen LogP contribution in [0.2, 0.25) is 0 Å². The highest BCUT2D eigenvalue weighted by Gasteiger charge is 2.17. The largest absolute Gasteiger partial charge is 0.477 e. The van der Waals surface area contributed by atoms with E-state index in [4.69, 9.17) is 5.11 Å². The zero-order valence-corrected chi connectivity index (χ0v) is 10.8. The van der Waals surface area contributed by atoms with Crippen molar-refractivity contribution >= 4 is 21.9 Å². The molecule has 0 radical (unpaired) electrons. The molecule has 0 aliphatic carbocycles. The molecule has 4 nitrogen and oxygen atoms in total. The van der Waals surface area contributed by atoms with Gasteiger partial charge in [-0.1, -0.05) is 35.0 Å². The van der Waals surface area contributed by atoms with E-state index in [0.29, 0.717) is 12.1 Å². The lowest BCUT2D eigenvalue weighted by Gasteiger charge is -2.01. The molecule has 88 valence electrons. The van der Waals surface area contributed by atoms with E-state index in [1.165, 1.54) is 0 Å². The molecule has 0 unspecified atom stereocenters. The third-order valence-electron chi connectivity index (χ3n) is 2.53. The molecule has 0 aliphatic rings. The van der Waals surface area contributed by atoms with Crippen molar-refractivity contribution in [1.82, 2.24) is 10.2 Å². The number of aromatic amines is 1. The fourth-order valence-electron chi connectivity index (χ4n) is 1.76. The Balaban J connectivity index is 2.56. The van der Waals surface area contributed by atoms with E-state index in [-0.39, 0.29) is 5.69 Å². The molecule has 0 saturated carbocycles. The Bertz CT molecular complexity index is 563. The lowest BCUT2D eigenvalue weighted by Crippen LogP contribution is -2.00. The van der Waals surface area contributed by atoms with E-state index in [2.05, 4.69) is 26.1 Å². The van der Waals surface area contributed by atoms with E-state index in [9.17, 15) is 4.79 Å². The van der Waals surface area contributed by atoms with E-state index in [1.807, 2.05) is 31.2 Å². The van der Waals surface area contributed by atoms with Crippen LogP contribution in [0.4, 0.5) is 0 Å². The molecule has 0 bridgehead atoms. The highest BCUT2D eigenvalue weighted by molar-refractivity contribution is 9.10. The number of H-pyrrole nitrogens is 1. The standard InChI is InChI=1S/C12H11BrN2O2/c1-2-9-10(14-15-11(9)12(16)17)7-4-3-5-8(13)6-7/h3-6H,2H2,1H3,(H,14,15)(H,16,17). The summed E-state index contributed by atoms with van der Waals surface area (Å²) < 4.78 is 0.942. The Morgan fingerprint density at radius 3 is 2.88 bits per heavy atom. The minimum atomic E-state index is -0.976. The number of nitrogens with one attached hydrogen (secondary N) is 1. The van der Waals surface area contributed by atoms with Crippen molar-refractivity contribution in [2.45, 2.75) is 13.3 Å². The summed E-state index contributed by atoms with van der Waals surface area (Å²) in [7, 11) is 0. The molecule has 2 aromatic rings. The second-order valence-electron chi connectivity index (χ2n) is 3.59. The molecule has 1 heterocycles. The molecule has 5 heteroatoms. The highest BCUT2D eigenvalue weighted by Crippen LogP contribution is 2.26. The van der Waals surface area contributed by atoms with Crippen LogP contribution in [0.15, 0.2) is 28.7 Å². The van der Waals surface area contributed by atoms with E-state index < -0.39 is 5.97 Å². The number of halogens is 1. The molecule has 17 heavy (non-hydrogen) atoms. The van der Waals surface area contributed by atoms with Gasteiger partial charge >= 0.3 is 5.97 Å². The number of rotatable bonds is 3. The van der Waals surface area contributed by atoms with Crippen LogP contribution in [0.5, 0.6) is 0 Å². The molecular weight excluding hydrogens is 284 g/mol. The normalized spacial score (nSPS) is 10.5. The van der Waals surface area contributed by atoms with Crippen LogP contribution in [-0.4, -0.2) is 21.3 Å². The van der Waals surface area contributed by atoms with Gasteiger partial charge < -0.3 is 5.11 Å². The fourth-order valence-corrected chi connectivity index (χ4v) is 2.16. The average Bonchev–Trinajstić information content (AvgIpc) is 2.72. The van der Waals surface area contributed by atoms with Gasteiger partial charge in [-0.05, 0) is 18.6 Å². The maximum atomic E-state index is 11.0. The zero-order chi connectivity index (χ0) is 12.4. The monoisotopic (exact) mass is 294 g/mol. The molecule has 2 N–H and O–H groups in total. The summed E-state index contributed by atoms with van der Waals surface area (Å²) in [5.74, 6) is -0.976. The van der Waals surface area contributed by atoms with E-state index >= 15 is 0 Å². The lowest BCUT2D eigenvalue weighted by molar-refractivity contribution is 0.0689. The van der Waals surface area contributed by atoms with Gasteiger partial charge in [0.15, 0.2) is 0 Å². The number of aromatic nitrogens is 2. The molecular formula is C12H11BrN2O2. The van der Waals surface area contributed by atoms with Crippen LogP contribution in [0.3, 0.4) is 0 Å². The van der Waals surface area contributed by atoms with E-state index in [0.717, 1.165) is 15.6 Å². The first kappa shape index (κ1) is 11.9. The minimum Gasteiger partial charge on any atom is -0.477 e. The zero-order valence-electron chi connectivity index (χ0n) is 9.20. The topological polar surface area (TPSA) is 66.0 Å². The quantitative estimate of drug-likeness (QED) is 0.914. The second-order valence-corrected chi connectivity index (χ2v) is 4.51. The number of aromatic carboxylic acids is 1. The summed E-state index contributed by atoms with van der Waals surface area (Å²) in [5, 5.41) is 15.7. The summed E-state index contributed by atoms with van der Waals surface area (Å²) in [4.78, 5) is 11.0. The van der Waals surface area contributed by atoms with Gasteiger partial charge in [0.25, 0.3) is 0 Å². The maximum Gasteiger partial charge on any atom is 0.354 e. The van der Waals surface area contributed by atoms with Gasteiger partial charge in [-0.25, -0.2) is 4.79 Å². The van der Waals surface area contributed by atoms with Crippen molar-refractivity contribution in [1.29, 1.82) is 0 Å². The number of carboxylic acids is 1. The summed E-state index contributed by atoms with van der Waals surface area (Å²) >= 11 is 3.39. The lowest BCUT2D eigenvalue weighted by atomic mass is 10.0. The van der Waals surface area contributed by atoms with Gasteiger partial charge in [0.2, 0.25) is 0 Å². The molecule has 1 aromatic carbocycles. The summed E-state index contributed by atoms with van der Waals surface area (Å²) in [6, 6.07) is 7.64. The van der Waals surface area contributed by atoms with Crippen LogP contribution in [0.25, 0.3) is 11.3 Å². The predicted molar refractivity (Wildman–Crippen MR) is 68.1 cm³/mol. The Kier molecular flexibility index (Phi) is 3.28. The first-order valence-electron chi connectivity index (χ1n) is 5.20. The Morgan fingerprint density at radius 2 is 2.29 bits per heavy atom. The van der Waals surface area contributed by atoms with Crippen LogP contribution in [0, 0.1) is 0 Å². The van der Waals surface area contributed by atoms with Crippen molar-refractivity contribution in [3.63, 3.8) is 0 Å². The number of carbonyl (C=O) groups is 1. The smallest absolute Gasteiger partial charge is 0.354 e. The third kappa shape index (κ3) is 2.24. The summed E-state index contributed by atoms with van der Waals surface area (Å²) in [6.07, 6.45) is 0.625. The number of benzene rings is 1. The van der Waals surface area contributed by atoms with Gasteiger partial charge in [-0.15, -0.1) is 0 Å². The highest BCUT2D eigenvalue weighted by atomic mass is 79.9. The van der Waals surface area contributed by atoms with Crippen molar-refractivity contribution in [2.24, 2.45) is 0 Å². The van der Waals surface area contributed by atoms with Crippen molar-refractivity contribution in [3.05, 3.63) is 40.0 Å². The maximum absolute atomic E-state index is 11.0. The summed E-state index contributed by atoms with van der Waals surface area (Å²) in [5.41, 5.74) is 2.50. The van der Waals surface area contributed by atoms with Crippen molar-refractivity contribution in [3.8, 4) is 11.3 Å². The van der Waals surface area contributed by atoms with Gasteiger partial charge in [0, 0.05) is 15.6 Å². The molecule has 0 aliphatic heterocycles. The molecule has 2 rings (SSSR count). The molecule has 0 amide bonds. The first-order chi connectivity index (χ1) is 8.13. The van der Waals surface area contributed by atoms with Crippen molar-refractivity contribution < 1.29 is 9.90 Å². The van der Waals surface area contributed by atoms with Crippen molar-refractivity contribution in [2.75, 3.05) is 0 Å². The number of hydrogen-bond donors (Lipinski definition) is 2. The predicted octanol–water partition coefficient (Wildman–Crippen LogP) is 3.10. The minimum absolute atomic E-state index is 0.169. The number of carboxylic acid groups (broad SMARTS) is 1. The Hall–Kier alpha value is -1.62. The molecule has 0 spiro atoms. The van der Waals surface area contributed by atoms with Crippen LogP contribution in [-0.2, 0) is 6.42 Å². The first-order valence-corrected chi connectivity index (χ1v) is 5.99. The van der Waals surface area contributed by atoms with Gasteiger partial charge in [0.1, 0.15) is 5.69 Å². The fraction of sp³-hybridized carbons (Fsp3) is 0.167. The van der Waals surface area contributed by atoms with Gasteiger partial charge in [-0.2, -0.15) is 5.10 Å². The van der Waals surface area contributed by atoms with E-state index in [1.54, 1.807) is 0 Å². The number of hydrogen-bond acceptors (Lipinski definition) is 2. The van der Waals surface area contributed by atoms with Gasteiger partial charge in [-0.3, -0.25) is 5.10 Å². The summed E-state index contributed by atoms with van der Waals surface area (Å²) in [6.45, 7) is 1.92.